The van der Waals surface area contributed by atoms with Crippen LogP contribution in [0.4, 0.5) is 0 Å². The summed E-state index contributed by atoms with van der Waals surface area (Å²) in [6.45, 7) is 7.26. The van der Waals surface area contributed by atoms with Gasteiger partial charge in [0, 0.05) is 17.3 Å². The lowest BCUT2D eigenvalue weighted by atomic mass is 9.87. The van der Waals surface area contributed by atoms with Crippen molar-refractivity contribution in [2.45, 2.75) is 39.7 Å². The Hall–Kier alpha value is 0.920. The van der Waals surface area contributed by atoms with Gasteiger partial charge < -0.3 is 4.74 Å². The lowest BCUT2D eigenvalue weighted by molar-refractivity contribution is 0.0587. The Kier molecular flexibility index (Phi) is 7.76. The maximum atomic E-state index is 5.56. The molecule has 0 bridgehead atoms. The molecule has 0 unspecified atom stereocenters. The molecule has 1 nitrogen and oxygen atoms in total. The van der Waals surface area contributed by atoms with E-state index in [2.05, 4.69) is 52.6 Å². The average molecular weight is 316 g/mol. The molecule has 0 saturated heterocycles. The van der Waals surface area contributed by atoms with Crippen LogP contribution in [0.25, 0.3) is 0 Å². The van der Waals surface area contributed by atoms with Crippen LogP contribution < -0.4 is 0 Å². The third-order valence-electron chi connectivity index (χ3n) is 2.40. The van der Waals surface area contributed by atoms with Gasteiger partial charge in [0.25, 0.3) is 0 Å². The molecule has 80 valence electrons. The van der Waals surface area contributed by atoms with Crippen LogP contribution in [-0.2, 0) is 4.74 Å². The average Bonchev–Trinajstić information content (AvgIpc) is 2.13. The van der Waals surface area contributed by atoms with Crippen molar-refractivity contribution in [2.75, 3.05) is 17.3 Å². The minimum absolute atomic E-state index is 0.347. The van der Waals surface area contributed by atoms with Gasteiger partial charge in [-0.05, 0) is 32.1 Å². The van der Waals surface area contributed by atoms with E-state index < -0.39 is 0 Å². The highest BCUT2D eigenvalue weighted by molar-refractivity contribution is 9.09. The summed E-state index contributed by atoms with van der Waals surface area (Å²) in [6, 6.07) is 0. The zero-order valence-corrected chi connectivity index (χ0v) is 11.9. The summed E-state index contributed by atoms with van der Waals surface area (Å²) in [5, 5.41) is 2.09. The molecule has 13 heavy (non-hydrogen) atoms. The predicted molar refractivity (Wildman–Crippen MR) is 66.0 cm³/mol. The summed E-state index contributed by atoms with van der Waals surface area (Å²) in [4.78, 5) is 0. The molecule has 3 heteroatoms. The number of hydrogen-bond acceptors (Lipinski definition) is 1. The zero-order valence-electron chi connectivity index (χ0n) is 8.78. The van der Waals surface area contributed by atoms with Crippen LogP contribution in [0.2, 0.25) is 0 Å². The Morgan fingerprint density at radius 2 is 1.77 bits per heavy atom. The van der Waals surface area contributed by atoms with Crippen LogP contribution >= 0.6 is 31.9 Å². The molecule has 0 spiro atoms. The molecule has 0 aliphatic carbocycles. The van der Waals surface area contributed by atoms with Crippen molar-refractivity contribution in [2.24, 2.45) is 5.41 Å². The Balaban J connectivity index is 3.81. The number of rotatable bonds is 7. The van der Waals surface area contributed by atoms with Gasteiger partial charge in [0.05, 0.1) is 6.10 Å². The van der Waals surface area contributed by atoms with Gasteiger partial charge in [0.15, 0.2) is 0 Å². The van der Waals surface area contributed by atoms with Crippen molar-refractivity contribution >= 4 is 31.9 Å². The molecule has 0 radical (unpaired) electrons. The third kappa shape index (κ3) is 5.38. The van der Waals surface area contributed by atoms with Crippen LogP contribution in [-0.4, -0.2) is 23.4 Å². The number of alkyl halides is 2. The molecule has 0 aliphatic heterocycles. The Morgan fingerprint density at radius 1 is 1.23 bits per heavy atom. The third-order valence-corrected chi connectivity index (χ3v) is 4.78. The summed E-state index contributed by atoms with van der Waals surface area (Å²) in [5.74, 6) is 0. The second-order valence-corrected chi connectivity index (χ2v) is 4.91. The summed E-state index contributed by atoms with van der Waals surface area (Å²) >= 11 is 7.15. The number of halogens is 2. The van der Waals surface area contributed by atoms with Gasteiger partial charge in [-0.25, -0.2) is 0 Å². The van der Waals surface area contributed by atoms with Crippen molar-refractivity contribution in [3.05, 3.63) is 0 Å². The van der Waals surface area contributed by atoms with Gasteiger partial charge in [-0.1, -0.05) is 38.8 Å². The highest BCUT2D eigenvalue weighted by atomic mass is 79.9. The largest absolute Gasteiger partial charge is 0.379 e. The molecule has 0 fully saturated rings. The van der Waals surface area contributed by atoms with E-state index in [1.165, 1.54) is 6.42 Å². The topological polar surface area (TPSA) is 9.23 Å². The lowest BCUT2D eigenvalue weighted by Gasteiger charge is -2.28. The molecular weight excluding hydrogens is 296 g/mol. The maximum absolute atomic E-state index is 5.56. The molecule has 0 saturated carbocycles. The van der Waals surface area contributed by atoms with Gasteiger partial charge in [-0.3, -0.25) is 0 Å². The van der Waals surface area contributed by atoms with Crippen LogP contribution in [0.1, 0.15) is 33.6 Å². The molecule has 0 aromatic carbocycles. The molecule has 0 aromatic rings. The Bertz CT molecular complexity index is 114. The quantitative estimate of drug-likeness (QED) is 0.646. The van der Waals surface area contributed by atoms with Crippen molar-refractivity contribution in [1.29, 1.82) is 0 Å². The minimum atomic E-state index is 0.347. The van der Waals surface area contributed by atoms with E-state index in [1.54, 1.807) is 0 Å². The van der Waals surface area contributed by atoms with E-state index >= 15 is 0 Å². The van der Waals surface area contributed by atoms with Crippen molar-refractivity contribution < 1.29 is 4.74 Å². The Morgan fingerprint density at radius 3 is 2.08 bits per heavy atom. The Labute approximate surface area is 98.9 Å². The van der Waals surface area contributed by atoms with Gasteiger partial charge >= 0.3 is 0 Å². The zero-order chi connectivity index (χ0) is 10.3. The van der Waals surface area contributed by atoms with Crippen molar-refractivity contribution in [1.82, 2.24) is 0 Å². The number of ether oxygens (including phenoxy) is 1. The fourth-order valence-corrected chi connectivity index (χ4v) is 3.33. The van der Waals surface area contributed by atoms with Gasteiger partial charge in [-0.15, -0.1) is 0 Å². The monoisotopic (exact) mass is 314 g/mol. The van der Waals surface area contributed by atoms with Crippen LogP contribution in [0.5, 0.6) is 0 Å². The first-order valence-corrected chi connectivity index (χ1v) is 7.08. The molecule has 0 rings (SSSR count). The van der Waals surface area contributed by atoms with E-state index in [9.17, 15) is 0 Å². The van der Waals surface area contributed by atoms with Crippen molar-refractivity contribution in [3.63, 3.8) is 0 Å². The number of hydrogen-bond donors (Lipinski definition) is 0. The standard InChI is InChI=1S/C10H20Br2O/c1-4-10(7-11,8-12)5-6-13-9(2)3/h9H,4-8H2,1-3H3. The van der Waals surface area contributed by atoms with Crippen LogP contribution in [0.3, 0.4) is 0 Å². The van der Waals surface area contributed by atoms with Gasteiger partial charge in [-0.2, -0.15) is 0 Å². The first kappa shape index (κ1) is 13.9. The highest BCUT2D eigenvalue weighted by Crippen LogP contribution is 2.31. The van der Waals surface area contributed by atoms with E-state index in [-0.39, 0.29) is 0 Å². The molecule has 0 aliphatic rings. The van der Waals surface area contributed by atoms with Crippen LogP contribution in [0.15, 0.2) is 0 Å². The highest BCUT2D eigenvalue weighted by Gasteiger charge is 2.25. The first-order valence-electron chi connectivity index (χ1n) is 4.83. The molecular formula is C10H20Br2O. The van der Waals surface area contributed by atoms with E-state index in [0.717, 1.165) is 23.7 Å². The second kappa shape index (κ2) is 7.24. The SMILES string of the molecule is CCC(CBr)(CBr)CCOC(C)C. The van der Waals surface area contributed by atoms with Crippen LogP contribution in [0, 0.1) is 5.41 Å². The first-order chi connectivity index (χ1) is 6.10. The normalized spacial score (nSPS) is 12.5. The van der Waals surface area contributed by atoms with E-state index in [4.69, 9.17) is 4.74 Å². The molecule has 0 atom stereocenters. The second-order valence-electron chi connectivity index (χ2n) is 3.79. The summed E-state index contributed by atoms with van der Waals surface area (Å²) in [7, 11) is 0. The fraction of sp³-hybridized carbons (Fsp3) is 1.00. The van der Waals surface area contributed by atoms with E-state index in [0.29, 0.717) is 11.5 Å². The smallest absolute Gasteiger partial charge is 0.0518 e. The molecule has 0 heterocycles. The van der Waals surface area contributed by atoms with Crippen molar-refractivity contribution in [3.8, 4) is 0 Å². The summed E-state index contributed by atoms with van der Waals surface area (Å²) in [5.41, 5.74) is 0.370. The fourth-order valence-electron chi connectivity index (χ4n) is 1.05. The lowest BCUT2D eigenvalue weighted by Crippen LogP contribution is -2.26. The predicted octanol–water partition coefficient (Wildman–Crippen LogP) is 3.99. The van der Waals surface area contributed by atoms with Gasteiger partial charge in [0.2, 0.25) is 0 Å². The molecule has 0 amide bonds. The van der Waals surface area contributed by atoms with Gasteiger partial charge in [0.1, 0.15) is 0 Å². The minimum Gasteiger partial charge on any atom is -0.379 e. The van der Waals surface area contributed by atoms with E-state index in [1.807, 2.05) is 0 Å². The molecule has 0 N–H and O–H groups in total. The maximum Gasteiger partial charge on any atom is 0.0518 e. The molecule has 0 aromatic heterocycles. The summed E-state index contributed by atoms with van der Waals surface area (Å²) in [6.07, 6.45) is 2.66. The summed E-state index contributed by atoms with van der Waals surface area (Å²) < 4.78 is 5.56.